The zero-order valence-electron chi connectivity index (χ0n) is 7.83. The van der Waals surface area contributed by atoms with Gasteiger partial charge in [0.1, 0.15) is 6.29 Å². The van der Waals surface area contributed by atoms with E-state index in [1.54, 1.807) is 7.05 Å². The van der Waals surface area contributed by atoms with Gasteiger partial charge in [-0.2, -0.15) is 0 Å². The van der Waals surface area contributed by atoms with E-state index < -0.39 is 0 Å². The molecule has 12 heavy (non-hydrogen) atoms. The maximum absolute atomic E-state index is 11.2. The molecule has 1 atom stereocenters. The number of carbonyl (C=O) groups is 2. The van der Waals surface area contributed by atoms with Crippen LogP contribution in [0.3, 0.4) is 0 Å². The van der Waals surface area contributed by atoms with Crippen LogP contribution in [0.25, 0.3) is 0 Å². The molecule has 0 aromatic carbocycles. The van der Waals surface area contributed by atoms with E-state index in [9.17, 15) is 9.59 Å². The first kappa shape index (κ1) is 11.1. The Bertz CT molecular complexity index is 157. The fourth-order valence-electron chi connectivity index (χ4n) is 1.02. The molecule has 0 aromatic rings. The van der Waals surface area contributed by atoms with E-state index in [2.05, 4.69) is 5.32 Å². The third-order valence-corrected chi connectivity index (χ3v) is 1.73. The molecule has 0 radical (unpaired) electrons. The molecule has 1 unspecified atom stereocenters. The lowest BCUT2D eigenvalue weighted by molar-refractivity contribution is -0.125. The molecule has 0 aliphatic heterocycles. The van der Waals surface area contributed by atoms with Gasteiger partial charge in [0, 0.05) is 13.5 Å². The number of rotatable bonds is 5. The molecule has 0 aliphatic carbocycles. The Kier molecular flexibility index (Phi) is 5.28. The summed E-state index contributed by atoms with van der Waals surface area (Å²) in [5.74, 6) is -0.0400. The summed E-state index contributed by atoms with van der Waals surface area (Å²) in [6, 6.07) is -0.194. The van der Waals surface area contributed by atoms with Crippen LogP contribution in [0, 0.1) is 0 Å². The molecule has 0 saturated carbocycles. The van der Waals surface area contributed by atoms with Crippen molar-refractivity contribution in [2.24, 2.45) is 0 Å². The predicted octanol–water partition coefficient (Wildman–Crippen LogP) is -0.358. The van der Waals surface area contributed by atoms with Gasteiger partial charge < -0.3 is 10.1 Å². The number of likely N-dealkylation sites (N-methyl/N-ethyl adjacent to an activating group) is 2. The maximum Gasteiger partial charge on any atom is 0.237 e. The minimum atomic E-state index is -0.194. The molecule has 0 spiro atoms. The number of aldehydes is 1. The van der Waals surface area contributed by atoms with Gasteiger partial charge in [-0.05, 0) is 20.5 Å². The van der Waals surface area contributed by atoms with Crippen molar-refractivity contribution >= 4 is 12.2 Å². The number of hydrogen-bond acceptors (Lipinski definition) is 3. The molecular formula is C8H16N2O2. The Labute approximate surface area is 72.9 Å². The average molecular weight is 172 g/mol. The van der Waals surface area contributed by atoms with Crippen LogP contribution in [0.1, 0.15) is 12.8 Å². The van der Waals surface area contributed by atoms with E-state index >= 15 is 0 Å². The highest BCUT2D eigenvalue weighted by Crippen LogP contribution is 2.01. The molecule has 0 rings (SSSR count). The van der Waals surface area contributed by atoms with E-state index in [1.165, 1.54) is 0 Å². The zero-order valence-corrected chi connectivity index (χ0v) is 7.83. The van der Waals surface area contributed by atoms with Crippen LogP contribution in [0.5, 0.6) is 0 Å². The van der Waals surface area contributed by atoms with Crippen molar-refractivity contribution in [1.29, 1.82) is 0 Å². The monoisotopic (exact) mass is 172 g/mol. The Morgan fingerprint density at radius 2 is 2.17 bits per heavy atom. The third kappa shape index (κ3) is 3.48. The Balaban J connectivity index is 4.03. The topological polar surface area (TPSA) is 49.4 Å². The van der Waals surface area contributed by atoms with Crippen molar-refractivity contribution < 1.29 is 9.59 Å². The van der Waals surface area contributed by atoms with Crippen LogP contribution in [0.4, 0.5) is 0 Å². The van der Waals surface area contributed by atoms with Gasteiger partial charge in [0.05, 0.1) is 6.04 Å². The van der Waals surface area contributed by atoms with Crippen LogP contribution in [0.2, 0.25) is 0 Å². The number of nitrogens with one attached hydrogen (secondary N) is 1. The highest BCUT2D eigenvalue weighted by molar-refractivity contribution is 5.81. The SMILES string of the molecule is CNC(=O)C(CCC=O)N(C)C. The summed E-state index contributed by atoms with van der Waals surface area (Å²) in [5.41, 5.74) is 0. The first-order valence-electron chi connectivity index (χ1n) is 3.95. The van der Waals surface area contributed by atoms with E-state index in [1.807, 2.05) is 19.0 Å². The second kappa shape index (κ2) is 5.71. The van der Waals surface area contributed by atoms with Crippen molar-refractivity contribution in [3.8, 4) is 0 Å². The summed E-state index contributed by atoms with van der Waals surface area (Å²) in [6.07, 6.45) is 1.84. The van der Waals surface area contributed by atoms with Crippen molar-refractivity contribution in [3.63, 3.8) is 0 Å². The largest absolute Gasteiger partial charge is 0.358 e. The highest BCUT2D eigenvalue weighted by Gasteiger charge is 2.18. The van der Waals surface area contributed by atoms with Crippen LogP contribution in [0.15, 0.2) is 0 Å². The minimum absolute atomic E-state index is 0.0400. The summed E-state index contributed by atoms with van der Waals surface area (Å²) in [7, 11) is 5.25. The fraction of sp³-hybridized carbons (Fsp3) is 0.750. The molecular weight excluding hydrogens is 156 g/mol. The minimum Gasteiger partial charge on any atom is -0.358 e. The van der Waals surface area contributed by atoms with Crippen LogP contribution in [-0.2, 0) is 9.59 Å². The molecule has 0 bridgehead atoms. The number of carbonyl (C=O) groups excluding carboxylic acids is 2. The molecule has 0 saturated heterocycles. The lowest BCUT2D eigenvalue weighted by atomic mass is 10.1. The average Bonchev–Trinajstić information content (AvgIpc) is 2.04. The lowest BCUT2D eigenvalue weighted by Crippen LogP contribution is -2.42. The Morgan fingerprint density at radius 3 is 2.50 bits per heavy atom. The second-order valence-corrected chi connectivity index (χ2v) is 2.84. The van der Waals surface area contributed by atoms with Crippen molar-refractivity contribution in [3.05, 3.63) is 0 Å². The fourth-order valence-corrected chi connectivity index (χ4v) is 1.02. The van der Waals surface area contributed by atoms with Gasteiger partial charge in [0.2, 0.25) is 5.91 Å². The van der Waals surface area contributed by atoms with Crippen molar-refractivity contribution in [1.82, 2.24) is 10.2 Å². The summed E-state index contributed by atoms with van der Waals surface area (Å²) < 4.78 is 0. The molecule has 4 heteroatoms. The van der Waals surface area contributed by atoms with E-state index in [-0.39, 0.29) is 11.9 Å². The standard InChI is InChI=1S/C8H16N2O2/c1-9-8(12)7(10(2)3)5-4-6-11/h6-7H,4-5H2,1-3H3,(H,9,12). The molecule has 0 aromatic heterocycles. The smallest absolute Gasteiger partial charge is 0.237 e. The first-order valence-corrected chi connectivity index (χ1v) is 3.95. The summed E-state index contributed by atoms with van der Waals surface area (Å²) in [4.78, 5) is 23.1. The van der Waals surface area contributed by atoms with E-state index in [0.717, 1.165) is 6.29 Å². The molecule has 4 nitrogen and oxygen atoms in total. The Hall–Kier alpha value is -0.900. The predicted molar refractivity (Wildman–Crippen MR) is 46.8 cm³/mol. The maximum atomic E-state index is 11.2. The summed E-state index contributed by atoms with van der Waals surface area (Å²) in [6.45, 7) is 0. The van der Waals surface area contributed by atoms with Crippen molar-refractivity contribution in [2.45, 2.75) is 18.9 Å². The van der Waals surface area contributed by atoms with Gasteiger partial charge in [0.15, 0.2) is 0 Å². The van der Waals surface area contributed by atoms with Gasteiger partial charge in [-0.1, -0.05) is 0 Å². The van der Waals surface area contributed by atoms with Crippen LogP contribution < -0.4 is 5.32 Å². The highest BCUT2D eigenvalue weighted by atomic mass is 16.2. The Morgan fingerprint density at radius 1 is 1.58 bits per heavy atom. The normalized spacial score (nSPS) is 12.7. The quantitative estimate of drug-likeness (QED) is 0.576. The zero-order chi connectivity index (χ0) is 9.56. The van der Waals surface area contributed by atoms with Crippen LogP contribution >= 0.6 is 0 Å². The van der Waals surface area contributed by atoms with Gasteiger partial charge in [-0.15, -0.1) is 0 Å². The van der Waals surface area contributed by atoms with Gasteiger partial charge in [0.25, 0.3) is 0 Å². The van der Waals surface area contributed by atoms with Crippen molar-refractivity contribution in [2.75, 3.05) is 21.1 Å². The molecule has 0 fully saturated rings. The summed E-state index contributed by atoms with van der Waals surface area (Å²) >= 11 is 0. The molecule has 0 aliphatic rings. The van der Waals surface area contributed by atoms with E-state index in [0.29, 0.717) is 12.8 Å². The third-order valence-electron chi connectivity index (χ3n) is 1.73. The summed E-state index contributed by atoms with van der Waals surface area (Å²) in [5, 5.41) is 2.56. The lowest BCUT2D eigenvalue weighted by Gasteiger charge is -2.21. The first-order chi connectivity index (χ1) is 5.63. The second-order valence-electron chi connectivity index (χ2n) is 2.84. The number of hydrogen-bond donors (Lipinski definition) is 1. The van der Waals surface area contributed by atoms with Crippen LogP contribution in [-0.4, -0.2) is 44.3 Å². The molecule has 70 valence electrons. The number of amides is 1. The molecule has 1 amide bonds. The number of nitrogens with zero attached hydrogens (tertiary/aromatic N) is 1. The van der Waals surface area contributed by atoms with Gasteiger partial charge >= 0.3 is 0 Å². The molecule has 0 heterocycles. The van der Waals surface area contributed by atoms with E-state index in [4.69, 9.17) is 0 Å². The van der Waals surface area contributed by atoms with Gasteiger partial charge in [-0.25, -0.2) is 0 Å². The molecule has 1 N–H and O–H groups in total. The van der Waals surface area contributed by atoms with Gasteiger partial charge in [-0.3, -0.25) is 9.69 Å².